The fourth-order valence-corrected chi connectivity index (χ4v) is 8.64. The van der Waals surface area contributed by atoms with Gasteiger partial charge in [0.15, 0.2) is 0 Å². The van der Waals surface area contributed by atoms with Gasteiger partial charge in [-0.3, -0.25) is 29.5 Å². The number of nitrogens with one attached hydrogen (secondary N) is 1. The maximum Gasteiger partial charge on any atom is 0.260 e. The Balaban J connectivity index is 1.46. The molecule has 0 aromatic heterocycles. The Kier molecular flexibility index (Phi) is 8.33. The lowest BCUT2D eigenvalue weighted by molar-refractivity contribution is -0.141. The minimum absolute atomic E-state index is 0.00162. The van der Waals surface area contributed by atoms with Gasteiger partial charge in [0.2, 0.25) is 11.8 Å². The summed E-state index contributed by atoms with van der Waals surface area (Å²) in [5.74, 6) is -5.00. The molecule has 4 amide bonds. The van der Waals surface area contributed by atoms with Crippen molar-refractivity contribution in [3.8, 4) is 5.75 Å². The Morgan fingerprint density at radius 1 is 0.958 bits per heavy atom. The molecule has 0 unspecified atom stereocenters. The summed E-state index contributed by atoms with van der Waals surface area (Å²) >= 11 is 6.35. The van der Waals surface area contributed by atoms with E-state index in [2.05, 4.69) is 5.43 Å². The molecule has 6 atom stereocenters. The number of likely N-dealkylation sites (tertiary alicyclic amines) is 1. The zero-order valence-electron chi connectivity index (χ0n) is 26.3. The van der Waals surface area contributed by atoms with Gasteiger partial charge in [0.1, 0.15) is 18.2 Å². The number of fused-ring (bicyclic) bond motifs is 4. The summed E-state index contributed by atoms with van der Waals surface area (Å²) in [7, 11) is 0. The van der Waals surface area contributed by atoms with Gasteiger partial charge < -0.3 is 9.84 Å². The summed E-state index contributed by atoms with van der Waals surface area (Å²) in [6.45, 7) is 1.99. The highest BCUT2D eigenvalue weighted by molar-refractivity contribution is 6.30. The van der Waals surface area contributed by atoms with Crippen molar-refractivity contribution in [3.05, 3.63) is 106 Å². The largest absolute Gasteiger partial charge is 0.491 e. The number of aliphatic hydroxyl groups excluding tert-OH is 1. The van der Waals surface area contributed by atoms with Gasteiger partial charge in [0, 0.05) is 23.0 Å². The van der Waals surface area contributed by atoms with E-state index in [1.807, 2.05) is 25.1 Å². The number of hydrazine groups is 1. The van der Waals surface area contributed by atoms with E-state index in [9.17, 15) is 23.9 Å². The number of ether oxygens (including phenoxy) is 1. The number of carbonyl (C=O) groups excluding carboxylic acids is 4. The Labute approximate surface area is 282 Å². The van der Waals surface area contributed by atoms with Crippen LogP contribution < -0.4 is 10.2 Å². The molecule has 3 aromatic carbocycles. The first-order valence-corrected chi connectivity index (χ1v) is 16.6. The lowest BCUT2D eigenvalue weighted by Crippen LogP contribution is -2.53. The zero-order valence-corrected chi connectivity index (χ0v) is 27.0. The molecule has 3 aromatic rings. The normalized spacial score (nSPS) is 27.8. The number of para-hydroxylation sites is 1. The SMILES string of the molecule is CCCN1C(=O)[C@H]2[C@H](CC=C3[C@H]2C[C@H]2C(=O)N(Nc4ccc(F)cc4)C(=O)[C@@]2(c2ccc(Cl)cc2)[C@H]3c2ccccc2OCCO)C1=O. The van der Waals surface area contributed by atoms with Gasteiger partial charge in [-0.2, -0.15) is 5.01 Å². The van der Waals surface area contributed by atoms with Crippen molar-refractivity contribution in [3.63, 3.8) is 0 Å². The van der Waals surface area contributed by atoms with Crippen LogP contribution >= 0.6 is 11.6 Å². The maximum atomic E-state index is 15.2. The van der Waals surface area contributed by atoms with Crippen molar-refractivity contribution in [1.29, 1.82) is 0 Å². The van der Waals surface area contributed by atoms with Gasteiger partial charge in [-0.15, -0.1) is 0 Å². The van der Waals surface area contributed by atoms with E-state index < -0.39 is 52.6 Å². The van der Waals surface area contributed by atoms with Crippen LogP contribution in [0.25, 0.3) is 0 Å². The average molecular weight is 672 g/mol. The van der Waals surface area contributed by atoms with E-state index >= 15 is 4.79 Å². The second kappa shape index (κ2) is 12.5. The van der Waals surface area contributed by atoms with Gasteiger partial charge in [-0.05, 0) is 73.2 Å². The molecule has 0 radical (unpaired) electrons. The zero-order chi connectivity index (χ0) is 33.7. The minimum Gasteiger partial charge on any atom is -0.491 e. The van der Waals surface area contributed by atoms with Crippen LogP contribution in [-0.2, 0) is 24.6 Å². The molecular weight excluding hydrogens is 637 g/mol. The van der Waals surface area contributed by atoms with E-state index in [4.69, 9.17) is 16.3 Å². The van der Waals surface area contributed by atoms with Crippen molar-refractivity contribution < 1.29 is 33.4 Å². The van der Waals surface area contributed by atoms with Crippen LogP contribution in [-0.4, -0.2) is 58.4 Å². The number of amides is 4. The molecule has 1 saturated carbocycles. The number of halogens is 2. The number of anilines is 1. The Morgan fingerprint density at radius 2 is 1.69 bits per heavy atom. The lowest BCUT2D eigenvalue weighted by atomic mass is 9.49. The Hall–Kier alpha value is -4.54. The number of benzene rings is 3. The first-order chi connectivity index (χ1) is 23.2. The molecule has 2 N–H and O–H groups in total. The number of aliphatic hydroxyl groups is 1. The first-order valence-electron chi connectivity index (χ1n) is 16.3. The molecule has 2 aliphatic carbocycles. The van der Waals surface area contributed by atoms with Crippen molar-refractivity contribution in [2.24, 2.45) is 23.7 Å². The molecule has 2 aliphatic heterocycles. The standard InChI is InChI=1S/C37H35ClFN3O6/c1-2-17-41-33(44)27-16-15-25-28(31(27)35(41)46)20-29-34(45)42(40-24-13-11-23(39)12-14-24)36(47)37(29,21-7-9-22(38)10-8-21)32(25)26-5-3-4-6-30(26)48-19-18-43/h3-15,27-29,31-32,40,43H,2,16-20H2,1H3/t27-,28+,29-,31-,32+,37+/m0/s1. The van der Waals surface area contributed by atoms with Crippen molar-refractivity contribution in [2.45, 2.75) is 37.5 Å². The number of rotatable bonds is 9. The molecule has 48 heavy (non-hydrogen) atoms. The second-order valence-electron chi connectivity index (χ2n) is 12.8. The predicted molar refractivity (Wildman–Crippen MR) is 175 cm³/mol. The summed E-state index contributed by atoms with van der Waals surface area (Å²) < 4.78 is 19.9. The second-order valence-corrected chi connectivity index (χ2v) is 13.2. The molecule has 2 saturated heterocycles. The Morgan fingerprint density at radius 3 is 2.40 bits per heavy atom. The van der Waals surface area contributed by atoms with Crippen molar-refractivity contribution >= 4 is 40.9 Å². The van der Waals surface area contributed by atoms with Gasteiger partial charge in [-0.1, -0.05) is 60.5 Å². The molecule has 0 bridgehead atoms. The van der Waals surface area contributed by atoms with Crippen LogP contribution in [0.5, 0.6) is 5.75 Å². The molecule has 11 heteroatoms. The van der Waals surface area contributed by atoms with E-state index in [-0.39, 0.29) is 31.4 Å². The molecule has 7 rings (SSSR count). The summed E-state index contributed by atoms with van der Waals surface area (Å²) in [6.07, 6.45) is 3.08. The number of allylic oxidation sites excluding steroid dienone is 2. The predicted octanol–water partition coefficient (Wildman–Crippen LogP) is 5.25. The fourth-order valence-electron chi connectivity index (χ4n) is 8.51. The lowest BCUT2D eigenvalue weighted by Gasteiger charge is -2.50. The van der Waals surface area contributed by atoms with Crippen LogP contribution in [0.15, 0.2) is 84.4 Å². The van der Waals surface area contributed by atoms with Gasteiger partial charge in [-0.25, -0.2) is 4.39 Å². The smallest absolute Gasteiger partial charge is 0.260 e. The quantitative estimate of drug-likeness (QED) is 0.236. The Bertz CT molecular complexity index is 1810. The monoisotopic (exact) mass is 671 g/mol. The third-order valence-corrected chi connectivity index (χ3v) is 10.6. The van der Waals surface area contributed by atoms with E-state index in [1.54, 1.807) is 36.4 Å². The third kappa shape index (κ3) is 4.84. The average Bonchev–Trinajstić information content (AvgIpc) is 3.46. The number of hydrogen-bond donors (Lipinski definition) is 2. The summed E-state index contributed by atoms with van der Waals surface area (Å²) in [5, 5.41) is 11.1. The van der Waals surface area contributed by atoms with Crippen LogP contribution in [0, 0.1) is 29.5 Å². The highest BCUT2D eigenvalue weighted by Crippen LogP contribution is 2.65. The fraction of sp³-hybridized carbons (Fsp3) is 0.351. The van der Waals surface area contributed by atoms with Gasteiger partial charge in [0.05, 0.1) is 35.5 Å². The molecule has 248 valence electrons. The number of hydrogen-bond acceptors (Lipinski definition) is 7. The first kappa shape index (κ1) is 32.0. The highest BCUT2D eigenvalue weighted by Gasteiger charge is 2.70. The molecule has 2 heterocycles. The molecular formula is C37H35ClFN3O6. The molecule has 3 fully saturated rings. The summed E-state index contributed by atoms with van der Waals surface area (Å²) in [5.41, 5.74) is 3.75. The third-order valence-electron chi connectivity index (χ3n) is 10.4. The number of carbonyl (C=O) groups is 4. The van der Waals surface area contributed by atoms with E-state index in [0.717, 1.165) is 10.6 Å². The highest BCUT2D eigenvalue weighted by atomic mass is 35.5. The van der Waals surface area contributed by atoms with Crippen LogP contribution in [0.4, 0.5) is 10.1 Å². The van der Waals surface area contributed by atoms with Crippen LogP contribution in [0.2, 0.25) is 5.02 Å². The summed E-state index contributed by atoms with van der Waals surface area (Å²) in [6, 6.07) is 19.5. The van der Waals surface area contributed by atoms with Crippen LogP contribution in [0.1, 0.15) is 43.2 Å². The molecule has 9 nitrogen and oxygen atoms in total. The topological polar surface area (TPSA) is 116 Å². The van der Waals surface area contributed by atoms with Gasteiger partial charge >= 0.3 is 0 Å². The summed E-state index contributed by atoms with van der Waals surface area (Å²) in [4.78, 5) is 58.8. The number of nitrogens with zero attached hydrogens (tertiary/aromatic N) is 2. The van der Waals surface area contributed by atoms with Crippen LogP contribution in [0.3, 0.4) is 0 Å². The van der Waals surface area contributed by atoms with Crippen molar-refractivity contribution in [1.82, 2.24) is 9.91 Å². The minimum atomic E-state index is -1.52. The van der Waals surface area contributed by atoms with E-state index in [1.165, 1.54) is 29.2 Å². The molecule has 0 spiro atoms. The van der Waals surface area contributed by atoms with Gasteiger partial charge in [0.25, 0.3) is 11.8 Å². The maximum absolute atomic E-state index is 15.2. The molecule has 4 aliphatic rings. The van der Waals surface area contributed by atoms with E-state index in [0.29, 0.717) is 47.0 Å². The number of imide groups is 2. The van der Waals surface area contributed by atoms with Crippen molar-refractivity contribution in [2.75, 3.05) is 25.2 Å².